The molecule has 3 N–H and O–H groups in total. The van der Waals surface area contributed by atoms with Crippen molar-refractivity contribution in [2.24, 2.45) is 0 Å². The highest BCUT2D eigenvalue weighted by molar-refractivity contribution is 7.92. The van der Waals surface area contributed by atoms with Crippen LogP contribution in [0, 0.1) is 0 Å². The summed E-state index contributed by atoms with van der Waals surface area (Å²) in [6.45, 7) is 1.45. The van der Waals surface area contributed by atoms with E-state index in [1.165, 1.54) is 30.5 Å². The number of benzene rings is 1. The fraction of sp³-hybridized carbons (Fsp3) is 0.350. The van der Waals surface area contributed by atoms with E-state index in [1.54, 1.807) is 0 Å². The average molecular weight is 558 g/mol. The summed E-state index contributed by atoms with van der Waals surface area (Å²) in [5.74, 6) is -3.57. The maximum absolute atomic E-state index is 12.6. The molecule has 1 saturated heterocycles. The van der Waals surface area contributed by atoms with Gasteiger partial charge in [-0.3, -0.25) is 4.72 Å². The lowest BCUT2D eigenvalue weighted by Gasteiger charge is -2.23. The van der Waals surface area contributed by atoms with Crippen LogP contribution in [0.25, 0.3) is 0 Å². The van der Waals surface area contributed by atoms with Gasteiger partial charge < -0.3 is 15.1 Å². The number of sulfonamides is 1. The minimum Gasteiger partial charge on any atom is -0.478 e. The first-order valence-corrected chi connectivity index (χ1v) is 12.2. The third-order valence-corrected chi connectivity index (χ3v) is 6.82. The molecule has 1 aromatic carbocycles. The summed E-state index contributed by atoms with van der Waals surface area (Å²) in [5.41, 5.74) is 0.0123. The number of hydrogen-bond donors (Lipinski definition) is 3. The van der Waals surface area contributed by atoms with Gasteiger partial charge in [0.15, 0.2) is 0 Å². The Morgan fingerprint density at radius 2 is 1.57 bits per heavy atom. The van der Waals surface area contributed by atoms with E-state index in [1.807, 2.05) is 4.90 Å². The quantitative estimate of drug-likeness (QED) is 0.472. The number of pyridine rings is 1. The summed E-state index contributed by atoms with van der Waals surface area (Å²) >= 11 is 11.7. The first-order chi connectivity index (χ1) is 16.2. The van der Waals surface area contributed by atoms with Gasteiger partial charge in [-0.1, -0.05) is 36.0 Å². The maximum Gasteiger partial charge on any atom is 0.490 e. The number of aromatic carboxylic acids is 1. The number of carbonyl (C=O) groups is 2. The van der Waals surface area contributed by atoms with Crippen LogP contribution >= 0.6 is 23.2 Å². The molecular formula is C20H20Cl2F3N3O6S. The van der Waals surface area contributed by atoms with Crippen LogP contribution in [0.15, 0.2) is 35.4 Å². The second-order valence-corrected chi connectivity index (χ2v) is 9.78. The Kier molecular flexibility index (Phi) is 9.58. The summed E-state index contributed by atoms with van der Waals surface area (Å²) < 4.78 is 59.2. The zero-order valence-corrected chi connectivity index (χ0v) is 20.2. The van der Waals surface area contributed by atoms with Crippen molar-refractivity contribution in [2.75, 3.05) is 22.7 Å². The zero-order valence-electron chi connectivity index (χ0n) is 17.8. The summed E-state index contributed by atoms with van der Waals surface area (Å²) in [7, 11) is -3.98. The first-order valence-electron chi connectivity index (χ1n) is 9.98. The van der Waals surface area contributed by atoms with E-state index >= 15 is 0 Å². The van der Waals surface area contributed by atoms with Crippen LogP contribution in [-0.2, 0) is 14.8 Å². The largest absolute Gasteiger partial charge is 0.490 e. The van der Waals surface area contributed by atoms with Gasteiger partial charge in [0.1, 0.15) is 11.4 Å². The van der Waals surface area contributed by atoms with Gasteiger partial charge in [-0.15, -0.1) is 0 Å². The molecule has 0 bridgehead atoms. The molecule has 0 saturated carbocycles. The molecule has 1 aliphatic rings. The van der Waals surface area contributed by atoms with Gasteiger partial charge >= 0.3 is 18.1 Å². The molecule has 2 heterocycles. The minimum atomic E-state index is -5.08. The monoisotopic (exact) mass is 557 g/mol. The lowest BCUT2D eigenvalue weighted by atomic mass is 10.2. The average Bonchev–Trinajstić information content (AvgIpc) is 3.04. The lowest BCUT2D eigenvalue weighted by molar-refractivity contribution is -0.192. The Hall–Kier alpha value is -2.77. The smallest absolute Gasteiger partial charge is 0.478 e. The summed E-state index contributed by atoms with van der Waals surface area (Å²) in [5, 5.41) is 17.1. The second kappa shape index (κ2) is 11.8. The number of anilines is 2. The standard InChI is InChI=1S/C18H19Cl2N3O4S.C2HF3O2/c19-15-6-5-13(10-16(15)20)28(26,27)22-12-9-14(18(24)25)17(21-11-12)23-7-3-1-2-4-8-23;3-2(4,5)1(6)7/h5-6,9-11,22H,1-4,7-8H2,(H,24,25);(H,6,7). The van der Waals surface area contributed by atoms with Crippen molar-refractivity contribution in [3.63, 3.8) is 0 Å². The van der Waals surface area contributed by atoms with Crippen molar-refractivity contribution in [3.05, 3.63) is 46.1 Å². The molecule has 0 atom stereocenters. The van der Waals surface area contributed by atoms with Crippen molar-refractivity contribution in [1.29, 1.82) is 0 Å². The highest BCUT2D eigenvalue weighted by atomic mass is 35.5. The Labute approximate surface area is 208 Å². The van der Waals surface area contributed by atoms with Crippen molar-refractivity contribution in [3.8, 4) is 0 Å². The fourth-order valence-corrected chi connectivity index (χ4v) is 4.49. The van der Waals surface area contributed by atoms with E-state index < -0.39 is 28.1 Å². The normalized spacial score (nSPS) is 14.4. The molecule has 15 heteroatoms. The van der Waals surface area contributed by atoms with Crippen molar-refractivity contribution in [1.82, 2.24) is 4.98 Å². The molecule has 0 amide bonds. The number of aromatic nitrogens is 1. The van der Waals surface area contributed by atoms with Gasteiger partial charge in [-0.05, 0) is 37.1 Å². The molecule has 0 spiro atoms. The number of aliphatic carboxylic acids is 1. The molecule has 1 fully saturated rings. The molecule has 1 aliphatic heterocycles. The van der Waals surface area contributed by atoms with Crippen LogP contribution in [0.2, 0.25) is 10.0 Å². The maximum atomic E-state index is 12.6. The van der Waals surface area contributed by atoms with Gasteiger partial charge in [0.25, 0.3) is 10.0 Å². The second-order valence-electron chi connectivity index (χ2n) is 7.29. The van der Waals surface area contributed by atoms with Crippen LogP contribution < -0.4 is 9.62 Å². The minimum absolute atomic E-state index is 0.0451. The summed E-state index contributed by atoms with van der Waals surface area (Å²) in [6.07, 6.45) is 0.363. The molecule has 0 radical (unpaired) electrons. The lowest BCUT2D eigenvalue weighted by Crippen LogP contribution is -2.27. The molecule has 9 nitrogen and oxygen atoms in total. The van der Waals surface area contributed by atoms with E-state index in [2.05, 4.69) is 9.71 Å². The number of carboxylic acids is 2. The molecule has 192 valence electrons. The van der Waals surface area contributed by atoms with Crippen LogP contribution in [0.5, 0.6) is 0 Å². The number of halogens is 5. The molecule has 35 heavy (non-hydrogen) atoms. The van der Waals surface area contributed by atoms with Crippen LogP contribution in [0.3, 0.4) is 0 Å². The SMILES string of the molecule is O=C(O)C(F)(F)F.O=C(O)c1cc(NS(=O)(=O)c2ccc(Cl)c(Cl)c2)cnc1N1CCCCCC1. The first kappa shape index (κ1) is 28.5. The van der Waals surface area contributed by atoms with Crippen molar-refractivity contribution < 1.29 is 41.4 Å². The Morgan fingerprint density at radius 1 is 1.00 bits per heavy atom. The number of nitrogens with one attached hydrogen (secondary N) is 1. The van der Waals surface area contributed by atoms with Gasteiger partial charge in [0, 0.05) is 13.1 Å². The Bertz CT molecular complexity index is 1190. The number of alkyl halides is 3. The Balaban J connectivity index is 0.000000540. The van der Waals surface area contributed by atoms with Crippen LogP contribution in [0.1, 0.15) is 36.0 Å². The molecule has 2 aromatic rings. The van der Waals surface area contributed by atoms with E-state index in [0.29, 0.717) is 5.82 Å². The summed E-state index contributed by atoms with van der Waals surface area (Å²) in [4.78, 5) is 26.7. The van der Waals surface area contributed by atoms with Gasteiger partial charge in [-0.2, -0.15) is 13.2 Å². The predicted molar refractivity (Wildman–Crippen MR) is 123 cm³/mol. The van der Waals surface area contributed by atoms with Crippen LogP contribution in [0.4, 0.5) is 24.7 Å². The molecule has 0 aliphatic carbocycles. The number of carboxylic acid groups (broad SMARTS) is 2. The van der Waals surface area contributed by atoms with Crippen LogP contribution in [-0.4, -0.2) is 54.8 Å². The highest BCUT2D eigenvalue weighted by Gasteiger charge is 2.38. The molecule has 0 unspecified atom stereocenters. The molecular weight excluding hydrogens is 538 g/mol. The molecule has 1 aromatic heterocycles. The third kappa shape index (κ3) is 8.15. The third-order valence-electron chi connectivity index (χ3n) is 4.70. The van der Waals surface area contributed by atoms with Gasteiger partial charge in [0.05, 0.1) is 26.8 Å². The predicted octanol–water partition coefficient (Wildman–Crippen LogP) is 4.90. The topological polar surface area (TPSA) is 137 Å². The van der Waals surface area contributed by atoms with E-state index in [-0.39, 0.29) is 26.2 Å². The summed E-state index contributed by atoms with van der Waals surface area (Å²) in [6, 6.07) is 5.20. The van der Waals surface area contributed by atoms with Gasteiger partial charge in [0.2, 0.25) is 0 Å². The van der Waals surface area contributed by atoms with E-state index in [4.69, 9.17) is 33.1 Å². The fourth-order valence-electron chi connectivity index (χ4n) is 3.06. The Morgan fingerprint density at radius 3 is 2.06 bits per heavy atom. The zero-order chi connectivity index (χ0) is 26.4. The highest BCUT2D eigenvalue weighted by Crippen LogP contribution is 2.28. The van der Waals surface area contributed by atoms with Crippen molar-refractivity contribution >= 4 is 56.7 Å². The molecule has 3 rings (SSSR count). The van der Waals surface area contributed by atoms with E-state index in [0.717, 1.165) is 38.8 Å². The number of hydrogen-bond acceptors (Lipinski definition) is 6. The van der Waals surface area contributed by atoms with Gasteiger partial charge in [-0.25, -0.2) is 23.0 Å². The van der Waals surface area contributed by atoms with Crippen molar-refractivity contribution in [2.45, 2.75) is 36.8 Å². The van der Waals surface area contributed by atoms with E-state index in [9.17, 15) is 31.5 Å². The number of nitrogens with zero attached hydrogens (tertiary/aromatic N) is 2. The number of rotatable bonds is 5.